The van der Waals surface area contributed by atoms with Crippen LogP contribution in [0.5, 0.6) is 0 Å². The SMILES string of the molecule is O=C(/C=C/c1ccc(-c2ccc(Cl)cc2)o1)NC(=S)NC1CCCC1. The van der Waals surface area contributed by atoms with E-state index in [0.29, 0.717) is 21.9 Å². The molecule has 2 N–H and O–H groups in total. The van der Waals surface area contributed by atoms with Crippen LogP contribution in [-0.2, 0) is 4.79 Å². The summed E-state index contributed by atoms with van der Waals surface area (Å²) in [6.45, 7) is 0. The van der Waals surface area contributed by atoms with Gasteiger partial charge in [-0.15, -0.1) is 0 Å². The number of rotatable bonds is 4. The Balaban J connectivity index is 1.53. The summed E-state index contributed by atoms with van der Waals surface area (Å²) in [4.78, 5) is 11.9. The minimum absolute atomic E-state index is 0.278. The average Bonchev–Trinajstić information content (AvgIpc) is 3.25. The molecule has 1 aromatic carbocycles. The highest BCUT2D eigenvalue weighted by Crippen LogP contribution is 2.24. The number of thiocarbonyl (C=S) groups is 1. The zero-order valence-electron chi connectivity index (χ0n) is 13.6. The largest absolute Gasteiger partial charge is 0.457 e. The highest BCUT2D eigenvalue weighted by atomic mass is 35.5. The zero-order valence-corrected chi connectivity index (χ0v) is 15.2. The number of hydrogen-bond donors (Lipinski definition) is 2. The molecule has 0 unspecified atom stereocenters. The van der Waals surface area contributed by atoms with Gasteiger partial charge in [-0.3, -0.25) is 10.1 Å². The highest BCUT2D eigenvalue weighted by Gasteiger charge is 2.15. The molecule has 1 aliphatic rings. The van der Waals surface area contributed by atoms with Gasteiger partial charge in [0.25, 0.3) is 0 Å². The third-order valence-electron chi connectivity index (χ3n) is 4.08. The first-order valence-electron chi connectivity index (χ1n) is 8.25. The van der Waals surface area contributed by atoms with Crippen LogP contribution in [-0.4, -0.2) is 17.1 Å². The normalized spacial score (nSPS) is 14.8. The first kappa shape index (κ1) is 17.7. The Morgan fingerprint density at radius 2 is 1.88 bits per heavy atom. The van der Waals surface area contributed by atoms with Gasteiger partial charge in [0.05, 0.1) is 0 Å². The molecule has 6 heteroatoms. The third kappa shape index (κ3) is 5.18. The van der Waals surface area contributed by atoms with Crippen molar-refractivity contribution < 1.29 is 9.21 Å². The molecule has 1 saturated carbocycles. The van der Waals surface area contributed by atoms with E-state index in [0.717, 1.165) is 24.2 Å². The number of carbonyl (C=O) groups excluding carboxylic acids is 1. The molecule has 0 spiro atoms. The van der Waals surface area contributed by atoms with Crippen LogP contribution in [0.2, 0.25) is 5.02 Å². The van der Waals surface area contributed by atoms with E-state index in [9.17, 15) is 4.79 Å². The molecular weight excluding hydrogens is 356 g/mol. The molecule has 0 atom stereocenters. The van der Waals surface area contributed by atoms with E-state index in [4.69, 9.17) is 28.2 Å². The third-order valence-corrected chi connectivity index (χ3v) is 4.55. The number of nitrogens with one attached hydrogen (secondary N) is 2. The standard InChI is InChI=1S/C19H19ClN2O2S/c20-14-7-5-13(6-8-14)17-11-9-16(24-17)10-12-18(23)22-19(25)21-15-3-1-2-4-15/h5-12,15H,1-4H2,(H2,21,22,23,25)/b12-10+. The van der Waals surface area contributed by atoms with Crippen LogP contribution < -0.4 is 10.6 Å². The Morgan fingerprint density at radius 3 is 2.60 bits per heavy atom. The first-order valence-corrected chi connectivity index (χ1v) is 9.04. The van der Waals surface area contributed by atoms with E-state index in [-0.39, 0.29) is 5.91 Å². The van der Waals surface area contributed by atoms with Gasteiger partial charge in [0, 0.05) is 22.7 Å². The number of furan rings is 1. The lowest BCUT2D eigenvalue weighted by atomic mass is 10.2. The molecule has 1 heterocycles. The molecule has 0 aliphatic heterocycles. The van der Waals surface area contributed by atoms with E-state index >= 15 is 0 Å². The minimum Gasteiger partial charge on any atom is -0.457 e. The van der Waals surface area contributed by atoms with Crippen molar-refractivity contribution in [2.75, 3.05) is 0 Å². The second-order valence-corrected chi connectivity index (χ2v) is 6.83. The molecule has 130 valence electrons. The molecule has 25 heavy (non-hydrogen) atoms. The van der Waals surface area contributed by atoms with Crippen molar-refractivity contribution in [2.45, 2.75) is 31.7 Å². The van der Waals surface area contributed by atoms with Gasteiger partial charge in [0.15, 0.2) is 5.11 Å². The molecule has 0 bridgehead atoms. The lowest BCUT2D eigenvalue weighted by Crippen LogP contribution is -2.42. The fraction of sp³-hybridized carbons (Fsp3) is 0.263. The lowest BCUT2D eigenvalue weighted by molar-refractivity contribution is -0.115. The Hall–Kier alpha value is -2.11. The van der Waals surface area contributed by atoms with Crippen LogP contribution in [0.25, 0.3) is 17.4 Å². The smallest absolute Gasteiger partial charge is 0.250 e. The summed E-state index contributed by atoms with van der Waals surface area (Å²) in [5.74, 6) is 1.03. The van der Waals surface area contributed by atoms with Gasteiger partial charge in [0.1, 0.15) is 11.5 Å². The Bertz CT molecular complexity index is 777. The predicted molar refractivity (Wildman–Crippen MR) is 104 cm³/mol. The second kappa shape index (κ2) is 8.32. The van der Waals surface area contributed by atoms with Crippen LogP contribution in [0.1, 0.15) is 31.4 Å². The maximum Gasteiger partial charge on any atom is 0.250 e. The lowest BCUT2D eigenvalue weighted by Gasteiger charge is -2.13. The predicted octanol–water partition coefficient (Wildman–Crippen LogP) is 4.55. The molecule has 0 saturated heterocycles. The maximum atomic E-state index is 11.9. The Morgan fingerprint density at radius 1 is 1.16 bits per heavy atom. The topological polar surface area (TPSA) is 54.3 Å². The molecule has 1 aromatic heterocycles. The van der Waals surface area contributed by atoms with Gasteiger partial charge in [-0.25, -0.2) is 0 Å². The van der Waals surface area contributed by atoms with Gasteiger partial charge >= 0.3 is 0 Å². The summed E-state index contributed by atoms with van der Waals surface area (Å²) >= 11 is 11.0. The van der Waals surface area contributed by atoms with Gasteiger partial charge in [0.2, 0.25) is 5.91 Å². The van der Waals surface area contributed by atoms with Crippen molar-refractivity contribution in [3.05, 3.63) is 53.3 Å². The van der Waals surface area contributed by atoms with Gasteiger partial charge in [-0.2, -0.15) is 0 Å². The van der Waals surface area contributed by atoms with E-state index in [2.05, 4.69) is 10.6 Å². The van der Waals surface area contributed by atoms with Gasteiger partial charge < -0.3 is 9.73 Å². The Kier molecular flexibility index (Phi) is 5.89. The van der Waals surface area contributed by atoms with Crippen molar-refractivity contribution >= 4 is 40.9 Å². The monoisotopic (exact) mass is 374 g/mol. The van der Waals surface area contributed by atoms with Crippen LogP contribution in [0.15, 0.2) is 46.9 Å². The van der Waals surface area contributed by atoms with Crippen molar-refractivity contribution in [2.24, 2.45) is 0 Å². The first-order chi connectivity index (χ1) is 12.1. The summed E-state index contributed by atoms with van der Waals surface area (Å²) in [5.41, 5.74) is 0.926. The fourth-order valence-corrected chi connectivity index (χ4v) is 3.21. The molecule has 2 aromatic rings. The van der Waals surface area contributed by atoms with Crippen LogP contribution in [0.4, 0.5) is 0 Å². The number of benzene rings is 1. The van der Waals surface area contributed by atoms with E-state index in [1.54, 1.807) is 18.2 Å². The van der Waals surface area contributed by atoms with E-state index < -0.39 is 0 Å². The molecule has 1 fully saturated rings. The van der Waals surface area contributed by atoms with Crippen LogP contribution >= 0.6 is 23.8 Å². The van der Waals surface area contributed by atoms with Crippen molar-refractivity contribution in [3.63, 3.8) is 0 Å². The average molecular weight is 375 g/mol. The summed E-state index contributed by atoms with van der Waals surface area (Å²) in [5, 5.41) is 6.88. The second-order valence-electron chi connectivity index (χ2n) is 5.99. The molecule has 0 radical (unpaired) electrons. The summed E-state index contributed by atoms with van der Waals surface area (Å²) in [6.07, 6.45) is 7.66. The summed E-state index contributed by atoms with van der Waals surface area (Å²) in [7, 11) is 0. The van der Waals surface area contributed by atoms with Gasteiger partial charge in [-0.1, -0.05) is 24.4 Å². The number of amides is 1. The van der Waals surface area contributed by atoms with Crippen molar-refractivity contribution in [1.29, 1.82) is 0 Å². The Labute approximate surface area is 157 Å². The minimum atomic E-state index is -0.278. The molecule has 1 amide bonds. The molecule has 1 aliphatic carbocycles. The number of hydrogen-bond acceptors (Lipinski definition) is 3. The van der Waals surface area contributed by atoms with Crippen molar-refractivity contribution in [1.82, 2.24) is 10.6 Å². The highest BCUT2D eigenvalue weighted by molar-refractivity contribution is 7.80. The number of halogens is 1. The molecular formula is C19H19ClN2O2S. The number of carbonyl (C=O) groups is 1. The van der Waals surface area contributed by atoms with Crippen molar-refractivity contribution in [3.8, 4) is 11.3 Å². The quantitative estimate of drug-likeness (QED) is 0.609. The maximum absolute atomic E-state index is 11.9. The van der Waals surface area contributed by atoms with Crippen LogP contribution in [0, 0.1) is 0 Å². The summed E-state index contributed by atoms with van der Waals surface area (Å²) in [6, 6.07) is 11.4. The van der Waals surface area contributed by atoms with E-state index in [1.165, 1.54) is 18.9 Å². The van der Waals surface area contributed by atoms with E-state index in [1.807, 2.05) is 24.3 Å². The fourth-order valence-electron chi connectivity index (χ4n) is 2.81. The summed E-state index contributed by atoms with van der Waals surface area (Å²) < 4.78 is 5.71. The zero-order chi connectivity index (χ0) is 17.6. The molecule has 4 nitrogen and oxygen atoms in total. The van der Waals surface area contributed by atoms with Crippen LogP contribution in [0.3, 0.4) is 0 Å². The van der Waals surface area contributed by atoms with Gasteiger partial charge in [-0.05, 0) is 67.5 Å². The molecule has 3 rings (SSSR count).